The zero-order chi connectivity index (χ0) is 26.6. The summed E-state index contributed by atoms with van der Waals surface area (Å²) in [5.74, 6) is 1.24. The lowest BCUT2D eigenvalue weighted by Crippen LogP contribution is -2.64. The highest BCUT2D eigenvalue weighted by atomic mass is 16.7. The van der Waals surface area contributed by atoms with Crippen LogP contribution in [0, 0.1) is 5.92 Å². The number of ether oxygens (including phenoxy) is 3. The Labute approximate surface area is 228 Å². The number of piperidine rings is 1. The molecule has 2 aliphatic carbocycles. The van der Waals surface area contributed by atoms with Crippen LogP contribution in [0.25, 0.3) is 11.1 Å². The second-order valence-electron chi connectivity index (χ2n) is 11.3. The molecule has 6 heteroatoms. The Kier molecular flexibility index (Phi) is 5.98. The summed E-state index contributed by atoms with van der Waals surface area (Å²) in [6.07, 6.45) is 5.59. The first-order valence-electron chi connectivity index (χ1n) is 13.9. The second-order valence-corrected chi connectivity index (χ2v) is 11.3. The minimum absolute atomic E-state index is 0.266. The monoisotopic (exact) mass is 523 g/mol. The standard InChI is InChI=1S/C33H33NO5/c1-34-18-17-33-25-14-15-27(35)31(33)39-30-28(16-13-24(29(30)33)20-26(25)34)38-32(36)37-19-5-6-21-9-11-23(12-10-21)22-7-3-2-4-8-22/h2-4,7-16,25-27,31,35H,5-6,17-20H2,1H3. The van der Waals surface area contributed by atoms with Crippen LogP contribution >= 0.6 is 0 Å². The van der Waals surface area contributed by atoms with E-state index in [2.05, 4.69) is 60.5 Å². The minimum atomic E-state index is -0.728. The molecule has 3 aromatic carbocycles. The van der Waals surface area contributed by atoms with Gasteiger partial charge in [-0.25, -0.2) is 4.79 Å². The first kappa shape index (κ1) is 24.4. The van der Waals surface area contributed by atoms with Gasteiger partial charge in [0, 0.05) is 22.9 Å². The number of aryl methyl sites for hydroxylation is 1. The summed E-state index contributed by atoms with van der Waals surface area (Å²) in [7, 11) is 2.18. The molecule has 5 unspecified atom stereocenters. The summed E-state index contributed by atoms with van der Waals surface area (Å²) in [5, 5.41) is 10.9. The molecule has 2 aliphatic heterocycles. The van der Waals surface area contributed by atoms with Crippen LogP contribution in [0.3, 0.4) is 0 Å². The van der Waals surface area contributed by atoms with Gasteiger partial charge in [0.25, 0.3) is 0 Å². The van der Waals surface area contributed by atoms with E-state index in [1.165, 1.54) is 22.3 Å². The van der Waals surface area contributed by atoms with Gasteiger partial charge in [0.2, 0.25) is 0 Å². The van der Waals surface area contributed by atoms with E-state index in [1.54, 1.807) is 0 Å². The van der Waals surface area contributed by atoms with Gasteiger partial charge in [-0.2, -0.15) is 0 Å². The SMILES string of the molecule is CN1CCC23c4c5ccc(OC(=O)OCCCc6ccc(-c7ccccc7)cc6)c4OC2C(O)C=CC3C1C5. The van der Waals surface area contributed by atoms with Crippen LogP contribution in [0.4, 0.5) is 4.79 Å². The smallest absolute Gasteiger partial charge is 0.482 e. The molecule has 200 valence electrons. The molecule has 1 spiro atoms. The van der Waals surface area contributed by atoms with Crippen molar-refractivity contribution in [2.45, 2.75) is 49.3 Å². The zero-order valence-corrected chi connectivity index (χ0v) is 22.1. The van der Waals surface area contributed by atoms with Crippen molar-refractivity contribution in [3.8, 4) is 22.6 Å². The molecule has 7 rings (SSSR count). The van der Waals surface area contributed by atoms with E-state index < -0.39 is 12.3 Å². The van der Waals surface area contributed by atoms with E-state index in [1.807, 2.05) is 30.3 Å². The van der Waals surface area contributed by atoms with Gasteiger partial charge in [0.1, 0.15) is 12.2 Å². The summed E-state index contributed by atoms with van der Waals surface area (Å²) in [6.45, 7) is 1.22. The normalized spacial score (nSPS) is 27.9. The average molecular weight is 524 g/mol. The van der Waals surface area contributed by atoms with Gasteiger partial charge in [-0.3, -0.25) is 0 Å². The third kappa shape index (κ3) is 3.97. The van der Waals surface area contributed by atoms with Crippen LogP contribution in [-0.2, 0) is 23.0 Å². The van der Waals surface area contributed by atoms with E-state index in [4.69, 9.17) is 14.2 Å². The molecule has 0 amide bonds. The van der Waals surface area contributed by atoms with Crippen molar-refractivity contribution in [1.82, 2.24) is 4.90 Å². The molecular weight excluding hydrogens is 490 g/mol. The van der Waals surface area contributed by atoms with Gasteiger partial charge >= 0.3 is 6.16 Å². The molecule has 0 radical (unpaired) electrons. The Morgan fingerprint density at radius 1 is 1.05 bits per heavy atom. The molecule has 0 aromatic heterocycles. The molecule has 2 bridgehead atoms. The lowest BCUT2D eigenvalue weighted by atomic mass is 9.53. The minimum Gasteiger partial charge on any atom is -0.482 e. The highest BCUT2D eigenvalue weighted by Crippen LogP contribution is 2.62. The number of likely N-dealkylation sites (N-methyl/N-ethyl adjacent to an activating group) is 1. The molecule has 5 atom stereocenters. The van der Waals surface area contributed by atoms with Crippen molar-refractivity contribution < 1.29 is 24.1 Å². The van der Waals surface area contributed by atoms with E-state index in [0.29, 0.717) is 24.0 Å². The summed E-state index contributed by atoms with van der Waals surface area (Å²) < 4.78 is 17.6. The van der Waals surface area contributed by atoms with E-state index >= 15 is 0 Å². The van der Waals surface area contributed by atoms with Gasteiger partial charge in [-0.05, 0) is 67.6 Å². The van der Waals surface area contributed by atoms with Crippen LogP contribution in [0.5, 0.6) is 11.5 Å². The van der Waals surface area contributed by atoms with Crippen LogP contribution in [0.15, 0.2) is 78.9 Å². The highest BCUT2D eigenvalue weighted by Gasteiger charge is 2.64. The fraction of sp³-hybridized carbons (Fsp3) is 0.364. The Bertz CT molecular complexity index is 1420. The van der Waals surface area contributed by atoms with Crippen molar-refractivity contribution in [1.29, 1.82) is 0 Å². The van der Waals surface area contributed by atoms with E-state index in [-0.39, 0.29) is 24.0 Å². The van der Waals surface area contributed by atoms with Gasteiger partial charge in [0.15, 0.2) is 11.5 Å². The Balaban J connectivity index is 1.01. The molecule has 6 nitrogen and oxygen atoms in total. The summed E-state index contributed by atoms with van der Waals surface area (Å²) in [6, 6.07) is 23.0. The Morgan fingerprint density at radius 2 is 1.85 bits per heavy atom. The fourth-order valence-electron chi connectivity index (χ4n) is 7.35. The fourth-order valence-corrected chi connectivity index (χ4v) is 7.35. The molecule has 1 N–H and O–H groups in total. The molecule has 3 aromatic rings. The third-order valence-electron chi connectivity index (χ3n) is 9.22. The lowest BCUT2D eigenvalue weighted by Gasteiger charge is -2.56. The second kappa shape index (κ2) is 9.54. The molecular formula is C33H33NO5. The van der Waals surface area contributed by atoms with Crippen molar-refractivity contribution in [2.75, 3.05) is 20.2 Å². The maximum absolute atomic E-state index is 12.7. The summed E-state index contributed by atoms with van der Waals surface area (Å²) >= 11 is 0. The van der Waals surface area contributed by atoms with Crippen LogP contribution in [0.2, 0.25) is 0 Å². The molecule has 0 saturated carbocycles. The largest absolute Gasteiger partial charge is 0.513 e. The number of nitrogens with zero attached hydrogens (tertiary/aromatic N) is 1. The number of hydrogen-bond acceptors (Lipinski definition) is 6. The third-order valence-corrected chi connectivity index (χ3v) is 9.22. The first-order valence-corrected chi connectivity index (χ1v) is 13.9. The maximum atomic E-state index is 12.7. The number of carbonyl (C=O) groups excluding carboxylic acids is 1. The highest BCUT2D eigenvalue weighted by molar-refractivity contribution is 5.69. The lowest BCUT2D eigenvalue weighted by molar-refractivity contribution is -0.0453. The number of likely N-dealkylation sites (tertiary alicyclic amines) is 1. The number of benzene rings is 3. The number of rotatable bonds is 6. The maximum Gasteiger partial charge on any atom is 0.513 e. The Morgan fingerprint density at radius 3 is 2.67 bits per heavy atom. The number of hydrogen-bond donors (Lipinski definition) is 1. The van der Waals surface area contributed by atoms with Gasteiger partial charge < -0.3 is 24.2 Å². The number of aliphatic hydroxyl groups is 1. The van der Waals surface area contributed by atoms with Crippen molar-refractivity contribution in [3.63, 3.8) is 0 Å². The number of carbonyl (C=O) groups is 1. The predicted molar refractivity (Wildman–Crippen MR) is 148 cm³/mol. The first-order chi connectivity index (χ1) is 19.0. The van der Waals surface area contributed by atoms with Crippen molar-refractivity contribution in [2.24, 2.45) is 5.92 Å². The number of aliphatic hydroxyl groups excluding tert-OH is 1. The quantitative estimate of drug-likeness (QED) is 0.205. The summed E-state index contributed by atoms with van der Waals surface area (Å²) in [5.41, 5.74) is 5.64. The summed E-state index contributed by atoms with van der Waals surface area (Å²) in [4.78, 5) is 15.1. The molecule has 1 fully saturated rings. The van der Waals surface area contributed by atoms with Crippen LogP contribution < -0.4 is 9.47 Å². The van der Waals surface area contributed by atoms with Crippen LogP contribution in [-0.4, -0.2) is 54.6 Å². The molecule has 4 aliphatic rings. The van der Waals surface area contributed by atoms with Crippen molar-refractivity contribution >= 4 is 6.16 Å². The average Bonchev–Trinajstić information content (AvgIpc) is 3.32. The predicted octanol–water partition coefficient (Wildman–Crippen LogP) is 5.31. The molecule has 39 heavy (non-hydrogen) atoms. The topological polar surface area (TPSA) is 68.2 Å². The zero-order valence-electron chi connectivity index (χ0n) is 22.1. The molecule has 1 saturated heterocycles. The van der Waals surface area contributed by atoms with Crippen molar-refractivity contribution in [3.05, 3.63) is 95.6 Å². The van der Waals surface area contributed by atoms with E-state index in [0.717, 1.165) is 31.4 Å². The Hall–Kier alpha value is -3.61. The molecule has 2 heterocycles. The van der Waals surface area contributed by atoms with Gasteiger partial charge in [-0.15, -0.1) is 0 Å². The van der Waals surface area contributed by atoms with E-state index in [9.17, 15) is 9.90 Å². The van der Waals surface area contributed by atoms with Gasteiger partial charge in [0.05, 0.1) is 6.61 Å². The van der Waals surface area contributed by atoms with Crippen LogP contribution in [0.1, 0.15) is 29.5 Å². The van der Waals surface area contributed by atoms with Gasteiger partial charge in [-0.1, -0.05) is 72.8 Å².